The fourth-order valence-electron chi connectivity index (χ4n) is 2.50. The molecule has 0 amide bonds. The van der Waals surface area contributed by atoms with Crippen LogP contribution in [-0.4, -0.2) is 15.0 Å². The van der Waals surface area contributed by atoms with Gasteiger partial charge in [0, 0.05) is 17.8 Å². The summed E-state index contributed by atoms with van der Waals surface area (Å²) in [6.45, 7) is 0.555. The highest BCUT2D eigenvalue weighted by atomic mass is 16.3. The molecule has 0 fully saturated rings. The molecular weight excluding hydrogens is 312 g/mol. The standard InChI is InChI=1S/C20H16N4O/c1-2-7-15(8-3-1)18-13-19(22-14-16-9-6-12-25-16)24-20(23-18)17-10-4-5-11-21-17/h1-13H,14H2,(H,22,23,24). The van der Waals surface area contributed by atoms with Gasteiger partial charge in [0.25, 0.3) is 0 Å². The maximum atomic E-state index is 5.37. The van der Waals surface area contributed by atoms with E-state index in [1.165, 1.54) is 0 Å². The van der Waals surface area contributed by atoms with Crippen molar-refractivity contribution in [2.75, 3.05) is 5.32 Å². The van der Waals surface area contributed by atoms with Gasteiger partial charge in [0.15, 0.2) is 5.82 Å². The van der Waals surface area contributed by atoms with Crippen LogP contribution in [0.4, 0.5) is 5.82 Å². The van der Waals surface area contributed by atoms with E-state index in [1.807, 2.05) is 66.7 Å². The molecule has 4 aromatic rings. The molecule has 5 nitrogen and oxygen atoms in total. The fraction of sp³-hybridized carbons (Fsp3) is 0.0500. The molecule has 5 heteroatoms. The second-order valence-electron chi connectivity index (χ2n) is 5.48. The molecule has 4 rings (SSSR count). The van der Waals surface area contributed by atoms with Crippen LogP contribution in [0, 0.1) is 0 Å². The molecule has 0 bridgehead atoms. The zero-order chi connectivity index (χ0) is 16.9. The Hall–Kier alpha value is -3.47. The smallest absolute Gasteiger partial charge is 0.180 e. The Bertz CT molecular complexity index is 880. The van der Waals surface area contributed by atoms with Gasteiger partial charge in [-0.15, -0.1) is 0 Å². The molecule has 1 N–H and O–H groups in total. The van der Waals surface area contributed by atoms with Gasteiger partial charge in [-0.05, 0) is 24.3 Å². The summed E-state index contributed by atoms with van der Waals surface area (Å²) >= 11 is 0. The summed E-state index contributed by atoms with van der Waals surface area (Å²) in [6, 6.07) is 21.5. The fourth-order valence-corrected chi connectivity index (χ4v) is 2.50. The Morgan fingerprint density at radius 2 is 1.72 bits per heavy atom. The number of pyridine rings is 1. The van der Waals surface area contributed by atoms with E-state index < -0.39 is 0 Å². The lowest BCUT2D eigenvalue weighted by Crippen LogP contribution is -2.04. The lowest BCUT2D eigenvalue weighted by Gasteiger charge is -2.09. The third kappa shape index (κ3) is 3.55. The van der Waals surface area contributed by atoms with Gasteiger partial charge in [-0.3, -0.25) is 4.98 Å². The predicted octanol–water partition coefficient (Wildman–Crippen LogP) is 4.41. The number of furan rings is 1. The van der Waals surface area contributed by atoms with Gasteiger partial charge >= 0.3 is 0 Å². The summed E-state index contributed by atoms with van der Waals surface area (Å²) in [5.41, 5.74) is 2.61. The van der Waals surface area contributed by atoms with Gasteiger partial charge in [-0.25, -0.2) is 9.97 Å². The Kier molecular flexibility index (Phi) is 4.20. The number of nitrogens with zero attached hydrogens (tertiary/aromatic N) is 3. The molecule has 1 aromatic carbocycles. The first kappa shape index (κ1) is 15.1. The second-order valence-corrected chi connectivity index (χ2v) is 5.48. The van der Waals surface area contributed by atoms with Crippen molar-refractivity contribution in [1.29, 1.82) is 0 Å². The number of hydrogen-bond acceptors (Lipinski definition) is 5. The van der Waals surface area contributed by atoms with E-state index in [0.29, 0.717) is 12.4 Å². The summed E-state index contributed by atoms with van der Waals surface area (Å²) in [6.07, 6.45) is 3.40. The lowest BCUT2D eigenvalue weighted by atomic mass is 10.1. The molecule has 3 heterocycles. The van der Waals surface area contributed by atoms with E-state index >= 15 is 0 Å². The molecule has 0 saturated carbocycles. The Morgan fingerprint density at radius 1 is 0.840 bits per heavy atom. The zero-order valence-electron chi connectivity index (χ0n) is 13.5. The minimum Gasteiger partial charge on any atom is -0.467 e. The summed E-state index contributed by atoms with van der Waals surface area (Å²) < 4.78 is 5.37. The number of aromatic nitrogens is 3. The van der Waals surface area contributed by atoms with Gasteiger partial charge in [0.2, 0.25) is 0 Å². The molecule has 0 spiro atoms. The van der Waals surface area contributed by atoms with Gasteiger partial charge in [-0.2, -0.15) is 0 Å². The van der Waals surface area contributed by atoms with Crippen molar-refractivity contribution in [2.45, 2.75) is 6.54 Å². The van der Waals surface area contributed by atoms with E-state index in [4.69, 9.17) is 4.42 Å². The van der Waals surface area contributed by atoms with Gasteiger partial charge in [-0.1, -0.05) is 36.4 Å². The van der Waals surface area contributed by atoms with Crippen LogP contribution >= 0.6 is 0 Å². The normalized spacial score (nSPS) is 10.6. The minimum atomic E-state index is 0.555. The van der Waals surface area contributed by atoms with Gasteiger partial charge in [0.05, 0.1) is 18.5 Å². The van der Waals surface area contributed by atoms with Crippen LogP contribution in [0.5, 0.6) is 0 Å². The first-order chi connectivity index (χ1) is 12.4. The summed E-state index contributed by atoms with van der Waals surface area (Å²) in [5, 5.41) is 3.29. The van der Waals surface area contributed by atoms with Crippen molar-refractivity contribution in [1.82, 2.24) is 15.0 Å². The van der Waals surface area contributed by atoms with E-state index in [2.05, 4.69) is 20.3 Å². The molecule has 25 heavy (non-hydrogen) atoms. The van der Waals surface area contributed by atoms with E-state index in [9.17, 15) is 0 Å². The maximum Gasteiger partial charge on any atom is 0.180 e. The molecule has 0 aliphatic heterocycles. The zero-order valence-corrected chi connectivity index (χ0v) is 13.5. The average Bonchev–Trinajstić information content (AvgIpc) is 3.21. The van der Waals surface area contributed by atoms with Crippen LogP contribution < -0.4 is 5.32 Å². The third-order valence-corrected chi connectivity index (χ3v) is 3.71. The lowest BCUT2D eigenvalue weighted by molar-refractivity contribution is 0.518. The first-order valence-corrected chi connectivity index (χ1v) is 8.01. The quantitative estimate of drug-likeness (QED) is 0.588. The van der Waals surface area contributed by atoms with Crippen molar-refractivity contribution < 1.29 is 4.42 Å². The second kappa shape index (κ2) is 6.97. The summed E-state index contributed by atoms with van der Waals surface area (Å²) in [4.78, 5) is 13.6. The largest absolute Gasteiger partial charge is 0.467 e. The first-order valence-electron chi connectivity index (χ1n) is 8.01. The summed E-state index contributed by atoms with van der Waals surface area (Å²) in [7, 11) is 0. The molecule has 0 unspecified atom stereocenters. The SMILES string of the molecule is c1ccc(-c2cc(NCc3ccco3)nc(-c3ccccn3)n2)cc1. The van der Waals surface area contributed by atoms with E-state index in [-0.39, 0.29) is 0 Å². The van der Waals surface area contributed by atoms with Gasteiger partial charge in [0.1, 0.15) is 17.3 Å². The van der Waals surface area contributed by atoms with Crippen molar-refractivity contribution in [3.8, 4) is 22.8 Å². The number of anilines is 1. The molecule has 0 radical (unpaired) electrons. The molecule has 3 aromatic heterocycles. The monoisotopic (exact) mass is 328 g/mol. The van der Waals surface area contributed by atoms with Crippen LogP contribution in [0.1, 0.15) is 5.76 Å². The maximum absolute atomic E-state index is 5.37. The van der Waals surface area contributed by atoms with E-state index in [0.717, 1.165) is 28.5 Å². The molecule has 0 saturated heterocycles. The number of benzene rings is 1. The van der Waals surface area contributed by atoms with E-state index in [1.54, 1.807) is 12.5 Å². The highest BCUT2D eigenvalue weighted by Crippen LogP contribution is 2.23. The number of nitrogens with one attached hydrogen (secondary N) is 1. The number of hydrogen-bond donors (Lipinski definition) is 1. The van der Waals surface area contributed by atoms with Crippen LogP contribution in [0.15, 0.2) is 83.6 Å². The third-order valence-electron chi connectivity index (χ3n) is 3.71. The minimum absolute atomic E-state index is 0.555. The highest BCUT2D eigenvalue weighted by molar-refractivity contribution is 5.66. The molecule has 122 valence electrons. The molecular formula is C20H16N4O. The van der Waals surface area contributed by atoms with Crippen molar-refractivity contribution in [3.63, 3.8) is 0 Å². The van der Waals surface area contributed by atoms with Crippen LogP contribution in [0.2, 0.25) is 0 Å². The molecule has 0 aliphatic rings. The van der Waals surface area contributed by atoms with Crippen molar-refractivity contribution in [2.24, 2.45) is 0 Å². The van der Waals surface area contributed by atoms with Crippen LogP contribution in [0.3, 0.4) is 0 Å². The van der Waals surface area contributed by atoms with Crippen LogP contribution in [-0.2, 0) is 6.54 Å². The average molecular weight is 328 g/mol. The molecule has 0 atom stereocenters. The van der Waals surface area contributed by atoms with Crippen LogP contribution in [0.25, 0.3) is 22.8 Å². The highest BCUT2D eigenvalue weighted by Gasteiger charge is 2.09. The number of rotatable bonds is 5. The summed E-state index contributed by atoms with van der Waals surface area (Å²) in [5.74, 6) is 2.16. The van der Waals surface area contributed by atoms with Crippen molar-refractivity contribution >= 4 is 5.82 Å². The Morgan fingerprint density at radius 3 is 2.48 bits per heavy atom. The van der Waals surface area contributed by atoms with Crippen molar-refractivity contribution in [3.05, 3.63) is 85.0 Å². The Labute approximate surface area is 145 Å². The predicted molar refractivity (Wildman–Crippen MR) is 96.7 cm³/mol. The Balaban J connectivity index is 1.72. The molecule has 0 aliphatic carbocycles. The topological polar surface area (TPSA) is 63.8 Å². The van der Waals surface area contributed by atoms with Gasteiger partial charge < -0.3 is 9.73 Å².